The number of halogens is 2. The number of thiazole rings is 1. The van der Waals surface area contributed by atoms with Crippen LogP contribution in [0.4, 0.5) is 13.9 Å². The quantitative estimate of drug-likeness (QED) is 0.451. The second-order valence-electron chi connectivity index (χ2n) is 6.80. The fourth-order valence-electron chi connectivity index (χ4n) is 3.07. The molecule has 7 heteroatoms. The van der Waals surface area contributed by atoms with Crippen molar-refractivity contribution in [2.75, 3.05) is 4.90 Å². The zero-order chi connectivity index (χ0) is 20.5. The van der Waals surface area contributed by atoms with Crippen LogP contribution >= 0.6 is 11.3 Å². The minimum atomic E-state index is -0.745. The Kier molecular flexibility index (Phi) is 5.07. The van der Waals surface area contributed by atoms with Crippen LogP contribution in [0.1, 0.15) is 27.0 Å². The van der Waals surface area contributed by atoms with E-state index in [0.29, 0.717) is 15.4 Å². The van der Waals surface area contributed by atoms with E-state index < -0.39 is 11.6 Å². The molecule has 2 aromatic carbocycles. The van der Waals surface area contributed by atoms with Crippen molar-refractivity contribution < 1.29 is 13.6 Å². The highest BCUT2D eigenvalue weighted by Crippen LogP contribution is 2.33. The van der Waals surface area contributed by atoms with E-state index >= 15 is 0 Å². The normalized spacial score (nSPS) is 11.0. The summed E-state index contributed by atoms with van der Waals surface area (Å²) in [6.45, 7) is 4.02. The fraction of sp³-hybridized carbons (Fsp3) is 0.136. The van der Waals surface area contributed by atoms with E-state index in [1.165, 1.54) is 11.0 Å². The van der Waals surface area contributed by atoms with E-state index in [1.807, 2.05) is 32.0 Å². The van der Waals surface area contributed by atoms with E-state index in [2.05, 4.69) is 9.97 Å². The number of aryl methyl sites for hydroxylation is 2. The Bertz CT molecular complexity index is 1210. The second kappa shape index (κ2) is 7.67. The molecule has 4 rings (SSSR count). The second-order valence-corrected chi connectivity index (χ2v) is 7.81. The average Bonchev–Trinajstić information content (AvgIpc) is 3.12. The molecule has 4 nitrogen and oxygen atoms in total. The summed E-state index contributed by atoms with van der Waals surface area (Å²) in [5.41, 5.74) is 3.24. The molecule has 2 heterocycles. The highest BCUT2D eigenvalue weighted by Gasteiger charge is 2.24. The highest BCUT2D eigenvalue weighted by atomic mass is 32.1. The number of amides is 1. The standard InChI is InChI=1S/C22H17F2N3OS/c1-13-3-4-14(2)17(9-13)21(28)27(12-15-5-7-25-8-6-15)22-26-20-18(24)10-16(23)11-19(20)29-22/h3-11H,12H2,1-2H3. The third-order valence-corrected chi connectivity index (χ3v) is 5.62. The van der Waals surface area contributed by atoms with Crippen LogP contribution in [-0.2, 0) is 6.54 Å². The maximum Gasteiger partial charge on any atom is 0.260 e. The predicted octanol–water partition coefficient (Wildman–Crippen LogP) is 5.43. The molecule has 0 aliphatic carbocycles. The molecular weight excluding hydrogens is 392 g/mol. The Morgan fingerprint density at radius 3 is 2.59 bits per heavy atom. The Labute approximate surface area is 170 Å². The van der Waals surface area contributed by atoms with Crippen LogP contribution in [0, 0.1) is 25.5 Å². The van der Waals surface area contributed by atoms with Gasteiger partial charge in [0.25, 0.3) is 5.91 Å². The third-order valence-electron chi connectivity index (χ3n) is 4.59. The number of nitrogens with zero attached hydrogens (tertiary/aromatic N) is 3. The van der Waals surface area contributed by atoms with Crippen LogP contribution in [0.2, 0.25) is 0 Å². The summed E-state index contributed by atoms with van der Waals surface area (Å²) in [4.78, 5) is 23.3. The van der Waals surface area contributed by atoms with Gasteiger partial charge in [0.05, 0.1) is 11.2 Å². The third kappa shape index (κ3) is 3.86. The van der Waals surface area contributed by atoms with E-state index in [4.69, 9.17) is 0 Å². The fourth-order valence-corrected chi connectivity index (χ4v) is 4.07. The van der Waals surface area contributed by atoms with E-state index in [-0.39, 0.29) is 18.0 Å². The predicted molar refractivity (Wildman–Crippen MR) is 110 cm³/mol. The zero-order valence-corrected chi connectivity index (χ0v) is 16.6. The van der Waals surface area contributed by atoms with Gasteiger partial charge in [-0.1, -0.05) is 29.0 Å². The van der Waals surface area contributed by atoms with Crippen LogP contribution in [0.5, 0.6) is 0 Å². The lowest BCUT2D eigenvalue weighted by Gasteiger charge is -2.21. The van der Waals surface area contributed by atoms with Gasteiger partial charge in [-0.2, -0.15) is 0 Å². The van der Waals surface area contributed by atoms with Crippen molar-refractivity contribution in [1.82, 2.24) is 9.97 Å². The lowest BCUT2D eigenvalue weighted by molar-refractivity contribution is 0.0984. The molecule has 1 amide bonds. The molecule has 0 bridgehead atoms. The lowest BCUT2D eigenvalue weighted by Crippen LogP contribution is -2.31. The maximum atomic E-state index is 14.2. The van der Waals surface area contributed by atoms with Crippen LogP contribution in [0.15, 0.2) is 54.9 Å². The first-order valence-electron chi connectivity index (χ1n) is 8.96. The topological polar surface area (TPSA) is 46.1 Å². The maximum absolute atomic E-state index is 14.2. The molecule has 0 fully saturated rings. The number of fused-ring (bicyclic) bond motifs is 1. The largest absolute Gasteiger partial charge is 0.279 e. The molecule has 2 aromatic heterocycles. The van der Waals surface area contributed by atoms with Gasteiger partial charge in [0.1, 0.15) is 11.3 Å². The summed E-state index contributed by atoms with van der Waals surface area (Å²) < 4.78 is 28.2. The number of carbonyl (C=O) groups is 1. The van der Waals surface area contributed by atoms with Gasteiger partial charge in [0.15, 0.2) is 10.9 Å². The SMILES string of the molecule is Cc1ccc(C)c(C(=O)N(Cc2ccncc2)c2nc3c(F)cc(F)cc3s2)c1. The van der Waals surface area contributed by atoms with Crippen molar-refractivity contribution in [3.8, 4) is 0 Å². The molecule has 0 aliphatic heterocycles. The molecule has 0 atom stereocenters. The highest BCUT2D eigenvalue weighted by molar-refractivity contribution is 7.22. The summed E-state index contributed by atoms with van der Waals surface area (Å²) in [6, 6.07) is 11.3. The Morgan fingerprint density at radius 1 is 1.07 bits per heavy atom. The Morgan fingerprint density at radius 2 is 1.83 bits per heavy atom. The van der Waals surface area contributed by atoms with Crippen molar-refractivity contribution in [1.29, 1.82) is 0 Å². The zero-order valence-electron chi connectivity index (χ0n) is 15.8. The number of aromatic nitrogens is 2. The first kappa shape index (κ1) is 19.1. The number of pyridine rings is 1. The number of carbonyl (C=O) groups excluding carboxylic acids is 1. The van der Waals surface area contributed by atoms with Crippen molar-refractivity contribution in [3.05, 3.63) is 88.7 Å². The van der Waals surface area contributed by atoms with Gasteiger partial charge in [-0.15, -0.1) is 0 Å². The number of anilines is 1. The van der Waals surface area contributed by atoms with Gasteiger partial charge in [0.2, 0.25) is 0 Å². The molecule has 0 unspecified atom stereocenters. The van der Waals surface area contributed by atoms with Crippen molar-refractivity contribution >= 4 is 32.6 Å². The molecule has 0 aliphatic rings. The van der Waals surface area contributed by atoms with Crippen LogP contribution in [-0.4, -0.2) is 15.9 Å². The van der Waals surface area contributed by atoms with Gasteiger partial charge in [0, 0.05) is 24.0 Å². The molecule has 146 valence electrons. The number of benzene rings is 2. The van der Waals surface area contributed by atoms with E-state index in [1.54, 1.807) is 24.5 Å². The molecule has 0 saturated carbocycles. The summed E-state index contributed by atoms with van der Waals surface area (Å²) in [5.74, 6) is -1.67. The lowest BCUT2D eigenvalue weighted by atomic mass is 10.0. The molecular formula is C22H17F2N3OS. The van der Waals surface area contributed by atoms with E-state index in [0.717, 1.165) is 34.1 Å². The Balaban J connectivity index is 1.83. The summed E-state index contributed by atoms with van der Waals surface area (Å²) >= 11 is 1.08. The van der Waals surface area contributed by atoms with Gasteiger partial charge in [-0.05, 0) is 49.2 Å². The van der Waals surface area contributed by atoms with Gasteiger partial charge in [-0.25, -0.2) is 13.8 Å². The molecule has 0 saturated heterocycles. The van der Waals surface area contributed by atoms with Crippen molar-refractivity contribution in [2.45, 2.75) is 20.4 Å². The summed E-state index contributed by atoms with van der Waals surface area (Å²) in [7, 11) is 0. The van der Waals surface area contributed by atoms with E-state index in [9.17, 15) is 13.6 Å². The van der Waals surface area contributed by atoms with Crippen LogP contribution < -0.4 is 4.90 Å². The molecule has 4 aromatic rings. The van der Waals surface area contributed by atoms with Crippen molar-refractivity contribution in [2.24, 2.45) is 0 Å². The molecule has 0 spiro atoms. The smallest absolute Gasteiger partial charge is 0.260 e. The van der Waals surface area contributed by atoms with Crippen molar-refractivity contribution in [3.63, 3.8) is 0 Å². The summed E-state index contributed by atoms with van der Waals surface area (Å²) in [5, 5.41) is 0.312. The average molecular weight is 409 g/mol. The minimum Gasteiger partial charge on any atom is -0.279 e. The first-order chi connectivity index (χ1) is 13.9. The van der Waals surface area contributed by atoms with Gasteiger partial charge < -0.3 is 0 Å². The Hall–Kier alpha value is -3.19. The molecule has 0 radical (unpaired) electrons. The van der Waals surface area contributed by atoms with Gasteiger partial charge >= 0.3 is 0 Å². The number of hydrogen-bond donors (Lipinski definition) is 0. The first-order valence-corrected chi connectivity index (χ1v) is 9.77. The van der Waals surface area contributed by atoms with Crippen LogP contribution in [0.3, 0.4) is 0 Å². The number of hydrogen-bond acceptors (Lipinski definition) is 4. The van der Waals surface area contributed by atoms with Gasteiger partial charge in [-0.3, -0.25) is 14.7 Å². The monoisotopic (exact) mass is 409 g/mol. The minimum absolute atomic E-state index is 0.0555. The number of rotatable bonds is 4. The molecule has 29 heavy (non-hydrogen) atoms. The summed E-state index contributed by atoms with van der Waals surface area (Å²) in [6.07, 6.45) is 3.28. The molecule has 0 N–H and O–H groups in total. The van der Waals surface area contributed by atoms with Crippen LogP contribution in [0.25, 0.3) is 10.2 Å².